The predicted molar refractivity (Wildman–Crippen MR) is 83.9 cm³/mol. The van der Waals surface area contributed by atoms with Crippen molar-refractivity contribution in [3.8, 4) is 0 Å². The number of nitrogens with two attached hydrogens (primary N) is 1. The van der Waals surface area contributed by atoms with E-state index < -0.39 is 5.97 Å². The second kappa shape index (κ2) is 20.7. The van der Waals surface area contributed by atoms with Crippen LogP contribution < -0.4 is 11.1 Å². The molecule has 5 nitrogen and oxygen atoms in total. The highest BCUT2D eigenvalue weighted by molar-refractivity contribution is 5.66. The number of aliphatic hydroxyl groups is 1. The Morgan fingerprint density at radius 2 is 1.65 bits per heavy atom. The molecule has 0 bridgehead atoms. The fraction of sp³-hybridized carbons (Fsp3) is 0.933. The molecule has 0 spiro atoms. The van der Waals surface area contributed by atoms with Gasteiger partial charge >= 0.3 is 5.97 Å². The van der Waals surface area contributed by atoms with Crippen molar-refractivity contribution >= 4 is 5.97 Å². The van der Waals surface area contributed by atoms with Crippen LogP contribution in [0.15, 0.2) is 0 Å². The van der Waals surface area contributed by atoms with Gasteiger partial charge in [0.2, 0.25) is 0 Å². The van der Waals surface area contributed by atoms with Crippen molar-refractivity contribution in [3.63, 3.8) is 0 Å². The van der Waals surface area contributed by atoms with E-state index >= 15 is 0 Å². The van der Waals surface area contributed by atoms with Gasteiger partial charge in [-0.15, -0.1) is 0 Å². The summed E-state index contributed by atoms with van der Waals surface area (Å²) < 4.78 is 0. The molecular weight excluding hydrogens is 256 g/mol. The lowest BCUT2D eigenvalue weighted by atomic mass is 10.1. The minimum Gasteiger partial charge on any atom is -0.481 e. The Hall–Kier alpha value is -0.650. The number of hydrogen-bond donors (Lipinski definition) is 4. The van der Waals surface area contributed by atoms with E-state index in [1.165, 1.54) is 19.3 Å². The van der Waals surface area contributed by atoms with Gasteiger partial charge in [-0.25, -0.2) is 0 Å². The zero-order valence-corrected chi connectivity index (χ0v) is 13.1. The Morgan fingerprint density at radius 1 is 1.00 bits per heavy atom. The number of aliphatic carboxylic acids is 1. The molecule has 0 saturated heterocycles. The third kappa shape index (κ3) is 26.0. The normalized spacial score (nSPS) is 9.95. The molecule has 0 unspecified atom stereocenters. The quantitative estimate of drug-likeness (QED) is 0.390. The summed E-state index contributed by atoms with van der Waals surface area (Å²) in [7, 11) is 0. The number of carboxylic acid groups (broad SMARTS) is 1. The Labute approximate surface area is 123 Å². The van der Waals surface area contributed by atoms with E-state index in [-0.39, 0.29) is 6.61 Å². The molecule has 0 atom stereocenters. The Kier molecular flexibility index (Phi) is 22.4. The highest BCUT2D eigenvalue weighted by Gasteiger charge is 1.94. The summed E-state index contributed by atoms with van der Waals surface area (Å²) in [6.45, 7) is 5.15. The van der Waals surface area contributed by atoms with Gasteiger partial charge in [0.15, 0.2) is 0 Å². The van der Waals surface area contributed by atoms with Gasteiger partial charge in [0, 0.05) is 13.0 Å². The van der Waals surface area contributed by atoms with Gasteiger partial charge in [0.1, 0.15) is 0 Å². The highest BCUT2D eigenvalue weighted by atomic mass is 16.4. The topological polar surface area (TPSA) is 95.6 Å². The third-order valence-corrected chi connectivity index (χ3v) is 2.81. The van der Waals surface area contributed by atoms with Gasteiger partial charge in [-0.1, -0.05) is 32.6 Å². The summed E-state index contributed by atoms with van der Waals surface area (Å²) in [5, 5.41) is 19.9. The minimum absolute atomic E-state index is 0.282. The fourth-order valence-electron chi connectivity index (χ4n) is 1.60. The maximum atomic E-state index is 10.0. The van der Waals surface area contributed by atoms with Crippen LogP contribution >= 0.6 is 0 Å². The van der Waals surface area contributed by atoms with Crippen LogP contribution in [0.2, 0.25) is 0 Å². The van der Waals surface area contributed by atoms with Gasteiger partial charge in [-0.2, -0.15) is 0 Å². The Balaban J connectivity index is 0. The zero-order chi connectivity index (χ0) is 15.5. The van der Waals surface area contributed by atoms with E-state index in [0.29, 0.717) is 6.42 Å². The molecule has 0 aromatic carbocycles. The van der Waals surface area contributed by atoms with Gasteiger partial charge in [-0.3, -0.25) is 4.79 Å². The number of hydrogen-bond acceptors (Lipinski definition) is 4. The summed E-state index contributed by atoms with van der Waals surface area (Å²) in [4.78, 5) is 10.0. The van der Waals surface area contributed by atoms with E-state index in [9.17, 15) is 4.79 Å². The van der Waals surface area contributed by atoms with Gasteiger partial charge in [-0.05, 0) is 45.3 Å². The average molecular weight is 290 g/mol. The van der Waals surface area contributed by atoms with Gasteiger partial charge in [0.25, 0.3) is 0 Å². The van der Waals surface area contributed by atoms with Crippen LogP contribution in [0.25, 0.3) is 0 Å². The monoisotopic (exact) mass is 290 g/mol. The van der Waals surface area contributed by atoms with Crippen molar-refractivity contribution in [1.29, 1.82) is 0 Å². The van der Waals surface area contributed by atoms with E-state index in [1.54, 1.807) is 0 Å². The van der Waals surface area contributed by atoms with E-state index in [4.69, 9.17) is 15.9 Å². The molecule has 0 aromatic heterocycles. The molecule has 0 heterocycles. The third-order valence-electron chi connectivity index (χ3n) is 2.81. The zero-order valence-electron chi connectivity index (χ0n) is 13.1. The summed E-state index contributed by atoms with van der Waals surface area (Å²) in [5.74, 6) is -0.670. The summed E-state index contributed by atoms with van der Waals surface area (Å²) in [6, 6.07) is 0. The summed E-state index contributed by atoms with van der Waals surface area (Å²) in [6.07, 6.45) is 8.96. The SMILES string of the molecule is CCCCCCCC(=O)O.NCCCCNCCCO. The molecule has 0 aromatic rings. The lowest BCUT2D eigenvalue weighted by Crippen LogP contribution is -2.18. The summed E-state index contributed by atoms with van der Waals surface area (Å²) >= 11 is 0. The number of carboxylic acids is 1. The molecule has 122 valence electrons. The van der Waals surface area contributed by atoms with Crippen LogP contribution in [0.1, 0.15) is 64.7 Å². The van der Waals surface area contributed by atoms with Crippen LogP contribution in [0, 0.1) is 0 Å². The first kappa shape index (κ1) is 21.6. The molecule has 20 heavy (non-hydrogen) atoms. The standard InChI is InChI=1S/C8H16O2.C7H18N2O/c1-2-3-4-5-6-7-8(9)10;8-4-1-2-5-9-6-3-7-10/h2-7H2,1H3,(H,9,10);9-10H,1-8H2. The lowest BCUT2D eigenvalue weighted by Gasteiger charge is -2.00. The van der Waals surface area contributed by atoms with Crippen LogP contribution in [0.4, 0.5) is 0 Å². The maximum Gasteiger partial charge on any atom is 0.303 e. The molecule has 0 radical (unpaired) electrons. The second-order valence-corrected chi connectivity index (χ2v) is 4.88. The average Bonchev–Trinajstić information content (AvgIpc) is 2.43. The molecule has 0 amide bonds. The molecule has 5 heteroatoms. The number of nitrogens with one attached hydrogen (secondary N) is 1. The molecule has 0 aliphatic rings. The molecule has 0 fully saturated rings. The van der Waals surface area contributed by atoms with Crippen LogP contribution in [-0.4, -0.2) is 42.4 Å². The molecule has 5 N–H and O–H groups in total. The molecular formula is C15H34N2O3. The van der Waals surface area contributed by atoms with Crippen molar-refractivity contribution < 1.29 is 15.0 Å². The molecule has 0 rings (SSSR count). The minimum atomic E-state index is -0.670. The number of rotatable bonds is 13. The van der Waals surface area contributed by atoms with Crippen LogP contribution in [0.5, 0.6) is 0 Å². The highest BCUT2D eigenvalue weighted by Crippen LogP contribution is 2.04. The Morgan fingerprint density at radius 3 is 2.20 bits per heavy atom. The first-order chi connectivity index (χ1) is 9.68. The van der Waals surface area contributed by atoms with Crippen LogP contribution in [0.3, 0.4) is 0 Å². The number of aliphatic hydroxyl groups excluding tert-OH is 1. The van der Waals surface area contributed by atoms with E-state index in [1.807, 2.05) is 0 Å². The van der Waals surface area contributed by atoms with Crippen molar-refractivity contribution in [2.24, 2.45) is 5.73 Å². The van der Waals surface area contributed by atoms with E-state index in [0.717, 1.165) is 51.7 Å². The summed E-state index contributed by atoms with van der Waals surface area (Å²) in [5.41, 5.74) is 5.30. The second-order valence-electron chi connectivity index (χ2n) is 4.88. The first-order valence-electron chi connectivity index (χ1n) is 7.92. The largest absolute Gasteiger partial charge is 0.481 e. The maximum absolute atomic E-state index is 10.0. The first-order valence-corrected chi connectivity index (χ1v) is 7.92. The lowest BCUT2D eigenvalue weighted by molar-refractivity contribution is -0.137. The van der Waals surface area contributed by atoms with Gasteiger partial charge in [0.05, 0.1) is 0 Å². The molecule has 0 aliphatic carbocycles. The number of unbranched alkanes of at least 4 members (excludes halogenated alkanes) is 5. The molecule has 0 saturated carbocycles. The van der Waals surface area contributed by atoms with E-state index in [2.05, 4.69) is 12.2 Å². The molecule has 0 aliphatic heterocycles. The fourth-order valence-corrected chi connectivity index (χ4v) is 1.60. The Bertz CT molecular complexity index is 182. The van der Waals surface area contributed by atoms with Crippen molar-refractivity contribution in [2.75, 3.05) is 26.2 Å². The van der Waals surface area contributed by atoms with Crippen molar-refractivity contribution in [1.82, 2.24) is 5.32 Å². The van der Waals surface area contributed by atoms with Crippen LogP contribution in [-0.2, 0) is 4.79 Å². The predicted octanol–water partition coefficient (Wildman–Crippen LogP) is 2.13. The van der Waals surface area contributed by atoms with Crippen molar-refractivity contribution in [2.45, 2.75) is 64.7 Å². The van der Waals surface area contributed by atoms with Gasteiger partial charge < -0.3 is 21.3 Å². The smallest absolute Gasteiger partial charge is 0.303 e. The van der Waals surface area contributed by atoms with Crippen molar-refractivity contribution in [3.05, 3.63) is 0 Å². The number of carbonyl (C=O) groups is 1.